The number of fused-ring (bicyclic) bond motifs is 1. The molecular formula is C7H5N2. The minimum Gasteiger partial charge on any atom is -0.277 e. The van der Waals surface area contributed by atoms with Gasteiger partial charge in [0.2, 0.25) is 0 Å². The van der Waals surface area contributed by atoms with Crippen LogP contribution in [0.25, 0.3) is 10.9 Å². The summed E-state index contributed by atoms with van der Waals surface area (Å²) < 4.78 is 0. The first kappa shape index (κ1) is 4.56. The molecule has 1 aromatic heterocycles. The van der Waals surface area contributed by atoms with Crippen molar-refractivity contribution in [1.29, 1.82) is 0 Å². The van der Waals surface area contributed by atoms with Crippen LogP contribution in [-0.4, -0.2) is 10.2 Å². The van der Waals surface area contributed by atoms with Gasteiger partial charge in [-0.15, -0.1) is 0 Å². The lowest BCUT2D eigenvalue weighted by atomic mass is 10.3. The van der Waals surface area contributed by atoms with Gasteiger partial charge < -0.3 is 0 Å². The molecule has 0 aliphatic heterocycles. The summed E-state index contributed by atoms with van der Waals surface area (Å²) in [5, 5.41) is 7.77. The van der Waals surface area contributed by atoms with E-state index >= 15 is 0 Å². The fourth-order valence-electron chi connectivity index (χ4n) is 0.821. The van der Waals surface area contributed by atoms with Crippen molar-refractivity contribution in [3.63, 3.8) is 0 Å². The average Bonchev–Trinajstić information content (AvgIpc) is 2.33. The van der Waals surface area contributed by atoms with E-state index < -0.39 is 0 Å². The zero-order valence-corrected chi connectivity index (χ0v) is 4.76. The molecule has 0 aliphatic carbocycles. The van der Waals surface area contributed by atoms with E-state index in [9.17, 15) is 0 Å². The van der Waals surface area contributed by atoms with Crippen LogP contribution in [0.15, 0.2) is 24.4 Å². The Bertz CT molecular complexity index is 281. The van der Waals surface area contributed by atoms with E-state index in [1.54, 1.807) is 6.20 Å². The number of benzene rings is 1. The van der Waals surface area contributed by atoms with Crippen molar-refractivity contribution < 1.29 is 0 Å². The minimum atomic E-state index is 0.970. The maximum absolute atomic E-state index is 3.85. The lowest BCUT2D eigenvalue weighted by Crippen LogP contribution is -1.64. The van der Waals surface area contributed by atoms with Crippen LogP contribution in [0.4, 0.5) is 0 Å². The number of hydrogen-bond donors (Lipinski definition) is 1. The third kappa shape index (κ3) is 0.598. The highest BCUT2D eigenvalue weighted by atomic mass is 15.1. The second-order valence-electron chi connectivity index (χ2n) is 1.87. The van der Waals surface area contributed by atoms with Crippen LogP contribution in [0.5, 0.6) is 0 Å². The third-order valence-corrected chi connectivity index (χ3v) is 1.27. The number of hydrogen-bond acceptors (Lipinski definition) is 1. The molecule has 0 aliphatic rings. The molecular weight excluding hydrogens is 112 g/mol. The Morgan fingerprint density at radius 2 is 2.56 bits per heavy atom. The molecule has 0 unspecified atom stereocenters. The first-order valence-corrected chi connectivity index (χ1v) is 2.76. The van der Waals surface area contributed by atoms with Gasteiger partial charge in [0.25, 0.3) is 0 Å². The van der Waals surface area contributed by atoms with Crippen molar-refractivity contribution in [2.75, 3.05) is 0 Å². The summed E-state index contributed by atoms with van der Waals surface area (Å²) >= 11 is 0. The molecule has 0 saturated carbocycles. The van der Waals surface area contributed by atoms with Gasteiger partial charge in [-0.3, -0.25) is 5.10 Å². The first-order chi connectivity index (χ1) is 4.47. The zero-order chi connectivity index (χ0) is 6.10. The number of H-pyrrole nitrogens is 1. The van der Waals surface area contributed by atoms with E-state index in [-0.39, 0.29) is 0 Å². The second kappa shape index (κ2) is 1.58. The SMILES string of the molecule is [c]1cccc2cn[nH]c12. The molecule has 0 bridgehead atoms. The fraction of sp³-hybridized carbons (Fsp3) is 0. The standard InChI is InChI=1S/C7H5N2/c1-2-4-7-6(3-1)5-8-9-7/h1-3,5H,(H,8,9). The van der Waals surface area contributed by atoms with E-state index in [0.717, 1.165) is 10.9 Å². The first-order valence-electron chi connectivity index (χ1n) is 2.76. The molecule has 0 amide bonds. The quantitative estimate of drug-likeness (QED) is 0.554. The van der Waals surface area contributed by atoms with Crippen molar-refractivity contribution in [1.82, 2.24) is 10.2 Å². The number of rotatable bonds is 0. The average molecular weight is 117 g/mol. The predicted molar refractivity (Wildman–Crippen MR) is 34.9 cm³/mol. The molecule has 2 nitrogen and oxygen atoms in total. The molecule has 2 aromatic rings. The van der Waals surface area contributed by atoms with Gasteiger partial charge in [-0.05, 0) is 0 Å². The zero-order valence-electron chi connectivity index (χ0n) is 4.76. The molecule has 0 fully saturated rings. The summed E-state index contributed by atoms with van der Waals surface area (Å²) in [6, 6.07) is 8.81. The van der Waals surface area contributed by atoms with Gasteiger partial charge in [0.05, 0.1) is 11.7 Å². The Labute approximate surface area is 52.5 Å². The molecule has 0 atom stereocenters. The van der Waals surface area contributed by atoms with E-state index in [0.29, 0.717) is 0 Å². The number of nitrogens with zero attached hydrogens (tertiary/aromatic N) is 1. The van der Waals surface area contributed by atoms with Gasteiger partial charge in [-0.25, -0.2) is 0 Å². The Morgan fingerprint density at radius 1 is 1.56 bits per heavy atom. The summed E-state index contributed by atoms with van der Waals surface area (Å²) in [5.41, 5.74) is 0.970. The molecule has 1 aromatic carbocycles. The molecule has 43 valence electrons. The van der Waals surface area contributed by atoms with E-state index in [2.05, 4.69) is 16.3 Å². The Hall–Kier alpha value is -1.31. The highest BCUT2D eigenvalue weighted by molar-refractivity contribution is 5.76. The lowest BCUT2D eigenvalue weighted by molar-refractivity contribution is 1.12. The molecule has 0 saturated heterocycles. The van der Waals surface area contributed by atoms with Crippen LogP contribution in [0.3, 0.4) is 0 Å². The molecule has 2 rings (SSSR count). The number of para-hydroxylation sites is 1. The molecule has 9 heavy (non-hydrogen) atoms. The van der Waals surface area contributed by atoms with Gasteiger partial charge in [-0.2, -0.15) is 5.10 Å². The molecule has 0 spiro atoms. The van der Waals surface area contributed by atoms with Crippen molar-refractivity contribution in [2.24, 2.45) is 0 Å². The van der Waals surface area contributed by atoms with Crippen LogP contribution >= 0.6 is 0 Å². The van der Waals surface area contributed by atoms with Crippen LogP contribution < -0.4 is 0 Å². The van der Waals surface area contributed by atoms with E-state index in [1.165, 1.54) is 0 Å². The lowest BCUT2D eigenvalue weighted by Gasteiger charge is -1.80. The molecule has 1 heterocycles. The van der Waals surface area contributed by atoms with Crippen LogP contribution in [-0.2, 0) is 0 Å². The van der Waals surface area contributed by atoms with Gasteiger partial charge in [0.15, 0.2) is 0 Å². The van der Waals surface area contributed by atoms with E-state index in [4.69, 9.17) is 0 Å². The monoisotopic (exact) mass is 117 g/mol. The second-order valence-corrected chi connectivity index (χ2v) is 1.87. The summed E-state index contributed by atoms with van der Waals surface area (Å²) in [6.45, 7) is 0. The highest BCUT2D eigenvalue weighted by Crippen LogP contribution is 2.06. The smallest absolute Gasteiger partial charge is 0.0729 e. The van der Waals surface area contributed by atoms with Crippen LogP contribution in [0.2, 0.25) is 0 Å². The van der Waals surface area contributed by atoms with Crippen LogP contribution in [0, 0.1) is 6.07 Å². The maximum Gasteiger partial charge on any atom is 0.0729 e. The summed E-state index contributed by atoms with van der Waals surface area (Å²) in [6.07, 6.45) is 1.78. The van der Waals surface area contributed by atoms with Gasteiger partial charge in [-0.1, -0.05) is 18.2 Å². The van der Waals surface area contributed by atoms with Crippen molar-refractivity contribution in [2.45, 2.75) is 0 Å². The predicted octanol–water partition coefficient (Wildman–Crippen LogP) is 1.36. The number of aromatic nitrogens is 2. The Morgan fingerprint density at radius 3 is 3.44 bits per heavy atom. The van der Waals surface area contributed by atoms with Gasteiger partial charge in [0.1, 0.15) is 0 Å². The largest absolute Gasteiger partial charge is 0.277 e. The topological polar surface area (TPSA) is 28.7 Å². The Balaban J connectivity index is 2.95. The summed E-state index contributed by atoms with van der Waals surface area (Å²) in [4.78, 5) is 0. The number of aromatic amines is 1. The summed E-state index contributed by atoms with van der Waals surface area (Å²) in [5.74, 6) is 0. The number of nitrogens with one attached hydrogen (secondary N) is 1. The fourth-order valence-corrected chi connectivity index (χ4v) is 0.821. The molecule has 1 N–H and O–H groups in total. The molecule has 1 radical (unpaired) electrons. The molecule has 2 heteroatoms. The minimum absolute atomic E-state index is 0.970. The third-order valence-electron chi connectivity index (χ3n) is 1.27. The summed E-state index contributed by atoms with van der Waals surface area (Å²) in [7, 11) is 0. The van der Waals surface area contributed by atoms with Crippen molar-refractivity contribution in [3.8, 4) is 0 Å². The van der Waals surface area contributed by atoms with Gasteiger partial charge in [0, 0.05) is 11.5 Å². The normalized spacial score (nSPS) is 10.2. The highest BCUT2D eigenvalue weighted by Gasteiger charge is 1.88. The van der Waals surface area contributed by atoms with Crippen molar-refractivity contribution >= 4 is 10.9 Å². The van der Waals surface area contributed by atoms with Crippen molar-refractivity contribution in [3.05, 3.63) is 30.5 Å². The maximum atomic E-state index is 3.85. The Kier molecular flexibility index (Phi) is 0.803. The van der Waals surface area contributed by atoms with Crippen LogP contribution in [0.1, 0.15) is 0 Å². The van der Waals surface area contributed by atoms with Gasteiger partial charge >= 0.3 is 0 Å². The van der Waals surface area contributed by atoms with E-state index in [1.807, 2.05) is 18.2 Å².